The van der Waals surface area contributed by atoms with Gasteiger partial charge in [-0.2, -0.15) is 5.26 Å². The molecule has 3 heterocycles. The first-order chi connectivity index (χ1) is 20.6. The van der Waals surface area contributed by atoms with Crippen molar-refractivity contribution in [3.05, 3.63) is 46.5 Å². The first kappa shape index (κ1) is 31.4. The van der Waals surface area contributed by atoms with E-state index in [1.165, 1.54) is 11.3 Å². The van der Waals surface area contributed by atoms with Crippen LogP contribution >= 0.6 is 22.9 Å². The van der Waals surface area contributed by atoms with E-state index in [-0.39, 0.29) is 17.5 Å². The molecule has 44 heavy (non-hydrogen) atoms. The van der Waals surface area contributed by atoms with E-state index in [2.05, 4.69) is 11.4 Å². The number of hydrogen-bond acceptors (Lipinski definition) is 8. The van der Waals surface area contributed by atoms with Gasteiger partial charge < -0.3 is 24.0 Å². The Kier molecular flexibility index (Phi) is 8.44. The highest BCUT2D eigenvalue weighted by atomic mass is 35.5. The van der Waals surface area contributed by atoms with Gasteiger partial charge in [0.15, 0.2) is 0 Å². The summed E-state index contributed by atoms with van der Waals surface area (Å²) < 4.78 is 17.8. The van der Waals surface area contributed by atoms with Gasteiger partial charge in [0.1, 0.15) is 28.0 Å². The van der Waals surface area contributed by atoms with Crippen molar-refractivity contribution in [2.45, 2.75) is 65.2 Å². The van der Waals surface area contributed by atoms with Gasteiger partial charge in [0.25, 0.3) is 5.91 Å². The predicted octanol–water partition coefficient (Wildman–Crippen LogP) is 7.28. The molecule has 0 saturated carbocycles. The lowest BCUT2D eigenvalue weighted by atomic mass is 9.96. The zero-order valence-electron chi connectivity index (χ0n) is 25.6. The maximum atomic E-state index is 13.8. The van der Waals surface area contributed by atoms with Gasteiger partial charge in [-0.1, -0.05) is 23.7 Å². The number of nitrogens with one attached hydrogen (secondary N) is 1. The van der Waals surface area contributed by atoms with E-state index in [0.29, 0.717) is 70.5 Å². The zero-order valence-corrected chi connectivity index (χ0v) is 27.1. The van der Waals surface area contributed by atoms with Crippen molar-refractivity contribution >= 4 is 56.1 Å². The van der Waals surface area contributed by atoms with E-state index in [9.17, 15) is 19.6 Å². The molecule has 232 valence electrons. The number of carbonyl (C=O) groups excluding carboxylic acids is 3. The third-order valence-electron chi connectivity index (χ3n) is 7.14. The van der Waals surface area contributed by atoms with Gasteiger partial charge in [0.05, 0.1) is 23.8 Å². The molecule has 1 N–H and O–H groups in total. The lowest BCUT2D eigenvalue weighted by molar-refractivity contribution is 0.00109. The number of anilines is 1. The number of fused-ring (bicyclic) bond motifs is 3. The molecular weight excluding hydrogens is 604 g/mol. The number of thiophene rings is 1. The van der Waals surface area contributed by atoms with Crippen LogP contribution in [0.1, 0.15) is 63.9 Å². The lowest BCUT2D eigenvalue weighted by Gasteiger charge is -2.42. The quantitative estimate of drug-likeness (QED) is 0.313. The first-order valence-electron chi connectivity index (χ1n) is 14.4. The molecule has 1 saturated heterocycles. The molecule has 0 unspecified atom stereocenters. The highest BCUT2D eigenvalue weighted by Crippen LogP contribution is 2.44. The van der Waals surface area contributed by atoms with E-state index in [4.69, 9.17) is 25.8 Å². The molecule has 1 fully saturated rings. The Morgan fingerprint density at radius 1 is 1.07 bits per heavy atom. The maximum Gasteiger partial charge on any atom is 0.412 e. The van der Waals surface area contributed by atoms with Crippen molar-refractivity contribution in [3.8, 4) is 22.9 Å². The molecule has 0 radical (unpaired) electrons. The summed E-state index contributed by atoms with van der Waals surface area (Å²) in [7, 11) is 0. The number of ether oxygens (including phenoxy) is 3. The van der Waals surface area contributed by atoms with Crippen molar-refractivity contribution in [1.29, 1.82) is 5.26 Å². The summed E-state index contributed by atoms with van der Waals surface area (Å²) in [6.45, 7) is 12.1. The fourth-order valence-corrected chi connectivity index (χ4v) is 6.66. The van der Waals surface area contributed by atoms with Crippen LogP contribution in [-0.4, -0.2) is 71.4 Å². The van der Waals surface area contributed by atoms with Crippen molar-refractivity contribution < 1.29 is 28.6 Å². The molecule has 0 bridgehead atoms. The van der Waals surface area contributed by atoms with Crippen LogP contribution in [0.2, 0.25) is 5.02 Å². The highest BCUT2D eigenvalue weighted by molar-refractivity contribution is 7.23. The largest absolute Gasteiger partial charge is 0.493 e. The molecule has 1 aromatic heterocycles. The number of piperazine rings is 1. The molecule has 2 aliphatic heterocycles. The fraction of sp³-hybridized carbons (Fsp3) is 0.438. The van der Waals surface area contributed by atoms with E-state index in [1.54, 1.807) is 42.7 Å². The molecule has 2 aliphatic rings. The van der Waals surface area contributed by atoms with Crippen LogP contribution < -0.4 is 10.1 Å². The van der Waals surface area contributed by atoms with Gasteiger partial charge in [-0.05, 0) is 65.3 Å². The molecule has 1 atom stereocenters. The highest BCUT2D eigenvalue weighted by Gasteiger charge is 2.37. The molecule has 3 amide bonds. The lowest BCUT2D eigenvalue weighted by Crippen LogP contribution is -2.58. The average molecular weight is 639 g/mol. The van der Waals surface area contributed by atoms with Crippen molar-refractivity contribution in [3.63, 3.8) is 0 Å². The number of amides is 3. The molecule has 12 heteroatoms. The third-order valence-corrected chi connectivity index (χ3v) is 8.52. The minimum absolute atomic E-state index is 0.225. The smallest absolute Gasteiger partial charge is 0.412 e. The summed E-state index contributed by atoms with van der Waals surface area (Å²) in [6, 6.07) is 10.9. The predicted molar refractivity (Wildman–Crippen MR) is 170 cm³/mol. The van der Waals surface area contributed by atoms with Crippen LogP contribution in [0.3, 0.4) is 0 Å². The van der Waals surface area contributed by atoms with Crippen LogP contribution in [-0.2, 0) is 9.47 Å². The second-order valence-electron chi connectivity index (χ2n) is 12.8. The van der Waals surface area contributed by atoms with Gasteiger partial charge >= 0.3 is 12.2 Å². The van der Waals surface area contributed by atoms with Gasteiger partial charge in [0.2, 0.25) is 0 Å². The normalized spacial score (nSPS) is 17.0. The number of nitriles is 1. The van der Waals surface area contributed by atoms with Crippen LogP contribution in [0, 0.1) is 11.3 Å². The number of benzene rings is 2. The molecule has 2 aromatic carbocycles. The second kappa shape index (κ2) is 11.8. The van der Waals surface area contributed by atoms with Gasteiger partial charge in [-0.15, -0.1) is 11.3 Å². The van der Waals surface area contributed by atoms with Gasteiger partial charge in [-0.25, -0.2) is 9.59 Å². The molecule has 0 aliphatic carbocycles. The SMILES string of the molecule is CC(C)(C)OC(=O)Nc1sc2cccc(-c3cc4c(cc3Cl)C(=O)N3CCN(C(=O)OC(C)(C)C)C[C@@H]3CCO4)c2c1C#N. The Labute approximate surface area is 265 Å². The number of nitrogens with zero attached hydrogens (tertiary/aromatic N) is 3. The summed E-state index contributed by atoms with van der Waals surface area (Å²) in [5.74, 6) is 0.164. The van der Waals surface area contributed by atoms with Crippen LogP contribution in [0.25, 0.3) is 21.2 Å². The van der Waals surface area contributed by atoms with Crippen molar-refractivity contribution in [1.82, 2.24) is 9.80 Å². The van der Waals surface area contributed by atoms with E-state index in [0.717, 1.165) is 4.70 Å². The van der Waals surface area contributed by atoms with Crippen LogP contribution in [0.15, 0.2) is 30.3 Å². The summed E-state index contributed by atoms with van der Waals surface area (Å²) in [6.07, 6.45) is -0.524. The number of hydrogen-bond donors (Lipinski definition) is 1. The molecular formula is C32H35ClN4O6S. The standard InChI is InChI=1S/C32H35ClN4O6S/c1-31(2,3)42-29(39)35-27-22(16-34)26-19(8-7-9-25(26)44-27)20-15-24-21(14-23(20)33)28(38)37-12-11-36(17-18(37)10-13-41-24)30(40)43-32(4,5)6/h7-9,14-15,18H,10-13,17H2,1-6H3,(H,35,39)/t18-/m0/s1. The molecule has 0 spiro atoms. The number of halogens is 1. The van der Waals surface area contributed by atoms with Crippen molar-refractivity contribution in [2.75, 3.05) is 31.6 Å². The van der Waals surface area contributed by atoms with Gasteiger partial charge in [0, 0.05) is 46.7 Å². The minimum atomic E-state index is -0.698. The van der Waals surface area contributed by atoms with Crippen LogP contribution in [0.4, 0.5) is 14.6 Å². The first-order valence-corrected chi connectivity index (χ1v) is 15.6. The van der Waals surface area contributed by atoms with E-state index in [1.807, 2.05) is 39.0 Å². The maximum absolute atomic E-state index is 13.8. The summed E-state index contributed by atoms with van der Waals surface area (Å²) in [5, 5.41) is 14.2. The number of rotatable bonds is 2. The molecule has 10 nitrogen and oxygen atoms in total. The summed E-state index contributed by atoms with van der Waals surface area (Å²) in [4.78, 5) is 42.4. The average Bonchev–Trinajstić information content (AvgIpc) is 3.27. The Bertz CT molecular complexity index is 1680. The Balaban J connectivity index is 1.46. The van der Waals surface area contributed by atoms with E-state index >= 15 is 0 Å². The molecule has 5 rings (SSSR count). The monoisotopic (exact) mass is 638 g/mol. The summed E-state index contributed by atoms with van der Waals surface area (Å²) >= 11 is 8.11. The Morgan fingerprint density at radius 3 is 2.48 bits per heavy atom. The second-order valence-corrected chi connectivity index (χ2v) is 14.2. The Hall–Kier alpha value is -4.01. The fourth-order valence-electron chi connectivity index (χ4n) is 5.33. The third kappa shape index (κ3) is 6.56. The van der Waals surface area contributed by atoms with E-state index < -0.39 is 23.4 Å². The Morgan fingerprint density at radius 2 is 1.80 bits per heavy atom. The van der Waals surface area contributed by atoms with Crippen LogP contribution in [0.5, 0.6) is 5.75 Å². The number of carbonyl (C=O) groups is 3. The summed E-state index contributed by atoms with van der Waals surface area (Å²) in [5.41, 5.74) is 0.572. The zero-order chi connectivity index (χ0) is 32.0. The van der Waals surface area contributed by atoms with Gasteiger partial charge in [-0.3, -0.25) is 10.1 Å². The minimum Gasteiger partial charge on any atom is -0.493 e. The topological polar surface area (TPSA) is 121 Å². The molecule has 3 aromatic rings. The van der Waals surface area contributed by atoms with Crippen molar-refractivity contribution in [2.24, 2.45) is 0 Å².